The maximum Gasteiger partial charge on any atom is 0.0475 e. The van der Waals surface area contributed by atoms with Crippen molar-refractivity contribution in [3.63, 3.8) is 0 Å². The zero-order chi connectivity index (χ0) is 12.2. The van der Waals surface area contributed by atoms with E-state index in [1.165, 1.54) is 11.3 Å². The number of piperazine rings is 1. The van der Waals surface area contributed by atoms with Gasteiger partial charge in [-0.05, 0) is 23.4 Å². The third-order valence-corrected chi connectivity index (χ3v) is 4.12. The Morgan fingerprint density at radius 3 is 2.89 bits per heavy atom. The lowest BCUT2D eigenvalue weighted by Gasteiger charge is -2.34. The molecule has 0 amide bonds. The summed E-state index contributed by atoms with van der Waals surface area (Å²) in [6, 6.07) is 13.5. The Morgan fingerprint density at radius 1 is 1.22 bits per heavy atom. The molecule has 1 atom stereocenters. The summed E-state index contributed by atoms with van der Waals surface area (Å²) in [7, 11) is 0. The highest BCUT2D eigenvalue weighted by atomic mass is 32.1. The summed E-state index contributed by atoms with van der Waals surface area (Å²) in [5.41, 5.74) is 2.79. The Labute approximate surface area is 112 Å². The number of rotatable bonds is 3. The number of benzene rings is 1. The second-order valence-corrected chi connectivity index (χ2v) is 5.55. The quantitative estimate of drug-likeness (QED) is 0.910. The summed E-state index contributed by atoms with van der Waals surface area (Å²) in [5, 5.41) is 8.02. The molecule has 1 fully saturated rings. The van der Waals surface area contributed by atoms with E-state index in [2.05, 4.69) is 57.4 Å². The number of hydrogen-bond donors (Lipinski definition) is 1. The summed E-state index contributed by atoms with van der Waals surface area (Å²) in [6.45, 7) is 3.29. The van der Waals surface area contributed by atoms with E-state index in [0.29, 0.717) is 6.04 Å². The van der Waals surface area contributed by atoms with Crippen LogP contribution in [0.2, 0.25) is 0 Å². The lowest BCUT2D eigenvalue weighted by molar-refractivity contribution is 0.455. The highest BCUT2D eigenvalue weighted by Gasteiger charge is 2.19. The maximum absolute atomic E-state index is 3.62. The molecule has 3 rings (SSSR count). The Balaban J connectivity index is 1.64. The molecule has 0 radical (unpaired) electrons. The molecule has 0 spiro atoms. The van der Waals surface area contributed by atoms with Crippen molar-refractivity contribution in [2.75, 3.05) is 24.5 Å². The molecule has 1 aromatic heterocycles. The zero-order valence-electron chi connectivity index (χ0n) is 10.4. The van der Waals surface area contributed by atoms with Crippen molar-refractivity contribution in [2.24, 2.45) is 0 Å². The van der Waals surface area contributed by atoms with Gasteiger partial charge in [-0.1, -0.05) is 30.3 Å². The van der Waals surface area contributed by atoms with Crippen LogP contribution in [0.4, 0.5) is 5.69 Å². The lowest BCUT2D eigenvalue weighted by atomic mass is 10.0. The van der Waals surface area contributed by atoms with Gasteiger partial charge in [0.15, 0.2) is 0 Å². The minimum Gasteiger partial charge on any atom is -0.368 e. The fourth-order valence-corrected chi connectivity index (χ4v) is 3.20. The highest BCUT2D eigenvalue weighted by molar-refractivity contribution is 7.08. The van der Waals surface area contributed by atoms with Gasteiger partial charge in [-0.25, -0.2) is 0 Å². The summed E-state index contributed by atoms with van der Waals surface area (Å²) < 4.78 is 0. The molecule has 1 aromatic carbocycles. The molecule has 18 heavy (non-hydrogen) atoms. The van der Waals surface area contributed by atoms with Gasteiger partial charge in [0.2, 0.25) is 0 Å². The van der Waals surface area contributed by atoms with Gasteiger partial charge >= 0.3 is 0 Å². The van der Waals surface area contributed by atoms with Crippen molar-refractivity contribution < 1.29 is 0 Å². The highest BCUT2D eigenvalue weighted by Crippen LogP contribution is 2.20. The van der Waals surface area contributed by atoms with Crippen molar-refractivity contribution in [2.45, 2.75) is 12.5 Å². The molecule has 0 saturated carbocycles. The molecule has 3 heteroatoms. The summed E-state index contributed by atoms with van der Waals surface area (Å²) in [6.07, 6.45) is 1.11. The van der Waals surface area contributed by atoms with Gasteiger partial charge in [0.25, 0.3) is 0 Å². The molecule has 1 aliphatic rings. The van der Waals surface area contributed by atoms with E-state index in [1.807, 2.05) is 0 Å². The van der Waals surface area contributed by atoms with E-state index in [-0.39, 0.29) is 0 Å². The Bertz CT molecular complexity index is 467. The van der Waals surface area contributed by atoms with Crippen molar-refractivity contribution in [1.82, 2.24) is 5.32 Å². The second-order valence-electron chi connectivity index (χ2n) is 4.77. The standard InChI is InChI=1S/C15H18N2S/c1-2-4-13(5-3-1)10-14-11-17(8-7-16-14)15-6-9-18-12-15/h1-6,9,12,14,16H,7-8,10-11H2. The largest absolute Gasteiger partial charge is 0.368 e. The molecule has 1 N–H and O–H groups in total. The van der Waals surface area contributed by atoms with Crippen LogP contribution in [-0.4, -0.2) is 25.7 Å². The number of hydrogen-bond acceptors (Lipinski definition) is 3. The Morgan fingerprint density at radius 2 is 2.11 bits per heavy atom. The maximum atomic E-state index is 3.62. The van der Waals surface area contributed by atoms with E-state index >= 15 is 0 Å². The van der Waals surface area contributed by atoms with Crippen LogP contribution in [0.25, 0.3) is 0 Å². The molecule has 2 heterocycles. The van der Waals surface area contributed by atoms with Gasteiger partial charge in [-0.15, -0.1) is 0 Å². The first kappa shape index (κ1) is 11.8. The first-order valence-electron chi connectivity index (χ1n) is 6.46. The fourth-order valence-electron chi connectivity index (χ4n) is 2.53. The normalized spacial score (nSPS) is 20.0. The summed E-state index contributed by atoms with van der Waals surface area (Å²) in [5.74, 6) is 0. The smallest absolute Gasteiger partial charge is 0.0475 e. The summed E-state index contributed by atoms with van der Waals surface area (Å²) >= 11 is 1.78. The monoisotopic (exact) mass is 258 g/mol. The van der Waals surface area contributed by atoms with Gasteiger partial charge in [-0.2, -0.15) is 11.3 Å². The first-order chi connectivity index (χ1) is 8.92. The third-order valence-electron chi connectivity index (χ3n) is 3.45. The van der Waals surface area contributed by atoms with Crippen molar-refractivity contribution >= 4 is 17.0 Å². The van der Waals surface area contributed by atoms with Crippen LogP contribution in [0.15, 0.2) is 47.2 Å². The van der Waals surface area contributed by atoms with E-state index in [0.717, 1.165) is 26.1 Å². The molecule has 0 bridgehead atoms. The Kier molecular flexibility index (Phi) is 3.62. The molecular formula is C15H18N2S. The van der Waals surface area contributed by atoms with Gasteiger partial charge in [0.05, 0.1) is 0 Å². The zero-order valence-corrected chi connectivity index (χ0v) is 11.2. The van der Waals surface area contributed by atoms with Crippen molar-refractivity contribution in [1.29, 1.82) is 0 Å². The topological polar surface area (TPSA) is 15.3 Å². The molecule has 2 nitrogen and oxygen atoms in total. The number of anilines is 1. The van der Waals surface area contributed by atoms with Crippen LogP contribution in [0, 0.1) is 0 Å². The van der Waals surface area contributed by atoms with E-state index in [9.17, 15) is 0 Å². The molecule has 94 valence electrons. The van der Waals surface area contributed by atoms with Crippen LogP contribution in [-0.2, 0) is 6.42 Å². The fraction of sp³-hybridized carbons (Fsp3) is 0.333. The van der Waals surface area contributed by atoms with Gasteiger partial charge in [0.1, 0.15) is 0 Å². The third kappa shape index (κ3) is 2.74. The average molecular weight is 258 g/mol. The van der Waals surface area contributed by atoms with E-state index in [1.54, 1.807) is 11.3 Å². The first-order valence-corrected chi connectivity index (χ1v) is 7.40. The van der Waals surface area contributed by atoms with Crippen molar-refractivity contribution in [3.8, 4) is 0 Å². The van der Waals surface area contributed by atoms with Gasteiger partial charge < -0.3 is 10.2 Å². The number of nitrogens with one attached hydrogen (secondary N) is 1. The van der Waals surface area contributed by atoms with Crippen LogP contribution < -0.4 is 10.2 Å². The number of nitrogens with zero attached hydrogens (tertiary/aromatic N) is 1. The van der Waals surface area contributed by atoms with Crippen LogP contribution in [0.5, 0.6) is 0 Å². The molecular weight excluding hydrogens is 240 g/mol. The van der Waals surface area contributed by atoms with Gasteiger partial charge in [-0.3, -0.25) is 0 Å². The average Bonchev–Trinajstić information content (AvgIpc) is 2.94. The number of thiophene rings is 1. The Hall–Kier alpha value is -1.32. The minimum atomic E-state index is 0.557. The lowest BCUT2D eigenvalue weighted by Crippen LogP contribution is -2.51. The van der Waals surface area contributed by atoms with Crippen molar-refractivity contribution in [3.05, 3.63) is 52.7 Å². The molecule has 0 aliphatic carbocycles. The SMILES string of the molecule is c1ccc(CC2CN(c3ccsc3)CCN2)cc1. The van der Waals surface area contributed by atoms with Crippen LogP contribution in [0.3, 0.4) is 0 Å². The predicted molar refractivity (Wildman–Crippen MR) is 78.5 cm³/mol. The van der Waals surface area contributed by atoms with E-state index in [4.69, 9.17) is 0 Å². The van der Waals surface area contributed by atoms with E-state index < -0.39 is 0 Å². The molecule has 1 saturated heterocycles. The van der Waals surface area contributed by atoms with Crippen LogP contribution in [0.1, 0.15) is 5.56 Å². The molecule has 2 aromatic rings. The second kappa shape index (κ2) is 5.55. The summed E-state index contributed by atoms with van der Waals surface area (Å²) in [4.78, 5) is 2.49. The van der Waals surface area contributed by atoms with Gasteiger partial charge in [0, 0.05) is 36.7 Å². The molecule has 1 unspecified atom stereocenters. The van der Waals surface area contributed by atoms with Crippen LogP contribution >= 0.6 is 11.3 Å². The predicted octanol–water partition coefficient (Wildman–Crippen LogP) is 2.77. The minimum absolute atomic E-state index is 0.557. The molecule has 1 aliphatic heterocycles.